The molecular weight excluding hydrogens is 187 g/mol. The molecule has 0 aliphatic heterocycles. The van der Waals surface area contributed by atoms with Crippen LogP contribution in [0.1, 0.15) is 19.2 Å². The molecule has 0 atom stereocenters. The van der Waals surface area contributed by atoms with E-state index in [1.165, 1.54) is 0 Å². The van der Waals surface area contributed by atoms with E-state index in [1.54, 1.807) is 6.92 Å². The Labute approximate surface area is 81.1 Å². The Kier molecular flexibility index (Phi) is 3.97. The van der Waals surface area contributed by atoms with Gasteiger partial charge in [-0.05, 0) is 6.92 Å². The summed E-state index contributed by atoms with van der Waals surface area (Å²) in [6.07, 6.45) is 2.75. The number of rotatable bonds is 4. The van der Waals surface area contributed by atoms with E-state index in [1.807, 2.05) is 0 Å². The summed E-state index contributed by atoms with van der Waals surface area (Å²) in [6.45, 7) is 2.11. The summed E-state index contributed by atoms with van der Waals surface area (Å²) >= 11 is 0. The van der Waals surface area contributed by atoms with Crippen molar-refractivity contribution in [3.8, 4) is 0 Å². The van der Waals surface area contributed by atoms with Crippen LogP contribution < -0.4 is 0 Å². The molecule has 0 N–H and O–H groups in total. The van der Waals surface area contributed by atoms with Crippen LogP contribution in [-0.4, -0.2) is 22.5 Å². The number of hydrogen-bond donors (Lipinski definition) is 0. The van der Waals surface area contributed by atoms with E-state index in [-0.39, 0.29) is 12.4 Å². The van der Waals surface area contributed by atoms with Crippen molar-refractivity contribution in [2.75, 3.05) is 6.61 Å². The highest BCUT2D eigenvalue weighted by Crippen LogP contribution is 1.98. The molecule has 1 aromatic rings. The van der Waals surface area contributed by atoms with Crippen LogP contribution in [0.5, 0.6) is 0 Å². The highest BCUT2D eigenvalue weighted by molar-refractivity contribution is 5.69. The quantitative estimate of drug-likeness (QED) is 0.680. The molecule has 1 aromatic heterocycles. The van der Waals surface area contributed by atoms with E-state index in [0.29, 0.717) is 18.9 Å². The van der Waals surface area contributed by atoms with Gasteiger partial charge < -0.3 is 4.74 Å². The normalized spacial score (nSPS) is 9.86. The second kappa shape index (κ2) is 5.26. The number of esters is 1. The molecular formula is C9H11FN2O2. The monoisotopic (exact) mass is 198 g/mol. The van der Waals surface area contributed by atoms with Gasteiger partial charge in [-0.25, -0.2) is 14.4 Å². The van der Waals surface area contributed by atoms with Crippen molar-refractivity contribution >= 4 is 5.97 Å². The number of hydrogen-bond acceptors (Lipinski definition) is 4. The Balaban J connectivity index is 2.38. The average molecular weight is 198 g/mol. The van der Waals surface area contributed by atoms with Gasteiger partial charge in [0.05, 0.1) is 25.4 Å². The van der Waals surface area contributed by atoms with Crippen molar-refractivity contribution in [2.45, 2.75) is 19.8 Å². The molecule has 0 saturated carbocycles. The smallest absolute Gasteiger partial charge is 0.306 e. The highest BCUT2D eigenvalue weighted by atomic mass is 19.1. The van der Waals surface area contributed by atoms with Crippen LogP contribution in [-0.2, 0) is 16.0 Å². The third kappa shape index (κ3) is 3.47. The Morgan fingerprint density at radius 2 is 2.14 bits per heavy atom. The van der Waals surface area contributed by atoms with E-state index < -0.39 is 5.82 Å². The van der Waals surface area contributed by atoms with Gasteiger partial charge in [-0.2, -0.15) is 0 Å². The molecule has 0 aliphatic carbocycles. The number of aromatic nitrogens is 2. The minimum absolute atomic E-state index is 0.222. The Morgan fingerprint density at radius 3 is 2.71 bits per heavy atom. The van der Waals surface area contributed by atoms with Crippen LogP contribution in [0.15, 0.2) is 12.4 Å². The van der Waals surface area contributed by atoms with Crippen molar-refractivity contribution in [3.63, 3.8) is 0 Å². The first kappa shape index (κ1) is 10.6. The molecule has 5 heteroatoms. The van der Waals surface area contributed by atoms with Gasteiger partial charge >= 0.3 is 5.97 Å². The Bertz CT molecular complexity index is 300. The van der Waals surface area contributed by atoms with Gasteiger partial charge in [-0.1, -0.05) is 0 Å². The third-order valence-corrected chi connectivity index (χ3v) is 1.53. The second-order valence-corrected chi connectivity index (χ2v) is 2.62. The molecule has 0 amide bonds. The molecule has 0 aliphatic rings. The molecule has 0 radical (unpaired) electrons. The number of ether oxygens (including phenoxy) is 1. The molecule has 0 unspecified atom stereocenters. The van der Waals surface area contributed by atoms with E-state index in [9.17, 15) is 9.18 Å². The van der Waals surface area contributed by atoms with E-state index in [4.69, 9.17) is 4.74 Å². The molecule has 4 nitrogen and oxygen atoms in total. The number of halogens is 1. The lowest BCUT2D eigenvalue weighted by molar-refractivity contribution is -0.143. The van der Waals surface area contributed by atoms with Gasteiger partial charge in [-0.3, -0.25) is 4.79 Å². The SMILES string of the molecule is CCOC(=O)CCc1ncc(F)cn1. The van der Waals surface area contributed by atoms with Gasteiger partial charge in [0, 0.05) is 6.42 Å². The topological polar surface area (TPSA) is 52.1 Å². The first-order valence-corrected chi connectivity index (χ1v) is 4.34. The predicted molar refractivity (Wildman–Crippen MR) is 46.9 cm³/mol. The summed E-state index contributed by atoms with van der Waals surface area (Å²) in [4.78, 5) is 18.4. The molecule has 76 valence electrons. The van der Waals surface area contributed by atoms with Crippen molar-refractivity contribution < 1.29 is 13.9 Å². The first-order chi connectivity index (χ1) is 6.72. The summed E-state index contributed by atoms with van der Waals surface area (Å²) in [7, 11) is 0. The molecule has 14 heavy (non-hydrogen) atoms. The van der Waals surface area contributed by atoms with Crippen LogP contribution in [0, 0.1) is 5.82 Å². The molecule has 0 aromatic carbocycles. The summed E-state index contributed by atoms with van der Waals surface area (Å²) in [5, 5.41) is 0. The molecule has 1 heterocycles. The lowest BCUT2D eigenvalue weighted by atomic mass is 10.3. The molecule has 1 rings (SSSR count). The summed E-state index contributed by atoms with van der Waals surface area (Å²) in [5.41, 5.74) is 0. The van der Waals surface area contributed by atoms with E-state index >= 15 is 0 Å². The minimum Gasteiger partial charge on any atom is -0.466 e. The van der Waals surface area contributed by atoms with E-state index in [2.05, 4.69) is 9.97 Å². The Morgan fingerprint density at radius 1 is 1.50 bits per heavy atom. The maximum Gasteiger partial charge on any atom is 0.306 e. The maximum absolute atomic E-state index is 12.4. The molecule has 0 spiro atoms. The van der Waals surface area contributed by atoms with Crippen LogP contribution in [0.4, 0.5) is 4.39 Å². The standard InChI is InChI=1S/C9H11FN2O2/c1-2-14-9(13)4-3-8-11-5-7(10)6-12-8/h5-6H,2-4H2,1H3. The third-order valence-electron chi connectivity index (χ3n) is 1.53. The predicted octanol–water partition coefficient (Wildman–Crippen LogP) is 1.11. The van der Waals surface area contributed by atoms with Crippen LogP contribution >= 0.6 is 0 Å². The van der Waals surface area contributed by atoms with Gasteiger partial charge in [0.1, 0.15) is 5.82 Å². The second-order valence-electron chi connectivity index (χ2n) is 2.62. The van der Waals surface area contributed by atoms with Gasteiger partial charge in [0.15, 0.2) is 5.82 Å². The first-order valence-electron chi connectivity index (χ1n) is 4.34. The van der Waals surface area contributed by atoms with Gasteiger partial charge in [0.2, 0.25) is 0 Å². The van der Waals surface area contributed by atoms with Crippen molar-refractivity contribution in [1.82, 2.24) is 9.97 Å². The largest absolute Gasteiger partial charge is 0.466 e. The molecule has 0 fully saturated rings. The minimum atomic E-state index is -0.482. The van der Waals surface area contributed by atoms with Crippen LogP contribution in [0.25, 0.3) is 0 Å². The fourth-order valence-electron chi connectivity index (χ4n) is 0.915. The number of nitrogens with zero attached hydrogens (tertiary/aromatic N) is 2. The molecule has 0 saturated heterocycles. The molecule has 0 bridgehead atoms. The fourth-order valence-corrected chi connectivity index (χ4v) is 0.915. The lowest BCUT2D eigenvalue weighted by Crippen LogP contribution is -2.06. The van der Waals surface area contributed by atoms with Crippen LogP contribution in [0.2, 0.25) is 0 Å². The summed E-state index contributed by atoms with van der Waals surface area (Å²) < 4.78 is 17.1. The Hall–Kier alpha value is -1.52. The summed E-state index contributed by atoms with van der Waals surface area (Å²) in [5.74, 6) is -0.329. The van der Waals surface area contributed by atoms with Crippen molar-refractivity contribution in [3.05, 3.63) is 24.0 Å². The van der Waals surface area contributed by atoms with Crippen LogP contribution in [0.3, 0.4) is 0 Å². The lowest BCUT2D eigenvalue weighted by Gasteiger charge is -2.00. The zero-order chi connectivity index (χ0) is 10.4. The zero-order valence-electron chi connectivity index (χ0n) is 7.86. The van der Waals surface area contributed by atoms with Gasteiger partial charge in [0.25, 0.3) is 0 Å². The van der Waals surface area contributed by atoms with Crippen molar-refractivity contribution in [2.24, 2.45) is 0 Å². The van der Waals surface area contributed by atoms with E-state index in [0.717, 1.165) is 12.4 Å². The number of carbonyl (C=O) groups excluding carboxylic acids is 1. The number of aryl methyl sites for hydroxylation is 1. The fraction of sp³-hybridized carbons (Fsp3) is 0.444. The average Bonchev–Trinajstić information content (AvgIpc) is 2.17. The number of carbonyl (C=O) groups is 1. The highest BCUT2D eigenvalue weighted by Gasteiger charge is 2.04. The van der Waals surface area contributed by atoms with Gasteiger partial charge in [-0.15, -0.1) is 0 Å². The van der Waals surface area contributed by atoms with Crippen molar-refractivity contribution in [1.29, 1.82) is 0 Å². The zero-order valence-corrected chi connectivity index (χ0v) is 7.86. The summed E-state index contributed by atoms with van der Waals surface area (Å²) in [6, 6.07) is 0. The maximum atomic E-state index is 12.4.